The Balaban J connectivity index is 1.45. The van der Waals surface area contributed by atoms with Crippen LogP contribution in [0.15, 0.2) is 78.9 Å². The lowest BCUT2D eigenvalue weighted by atomic mass is 9.74. The minimum atomic E-state index is -1.39. The van der Waals surface area contributed by atoms with Crippen LogP contribution in [0.25, 0.3) is 0 Å². The first-order chi connectivity index (χ1) is 21.1. The Kier molecular flexibility index (Phi) is 7.88. The summed E-state index contributed by atoms with van der Waals surface area (Å²) in [6.45, 7) is 6.63. The summed E-state index contributed by atoms with van der Waals surface area (Å²) in [5, 5.41) is 10.6. The number of methoxy groups -OCH3 is 1. The number of hydrogen-bond acceptors (Lipinski definition) is 6. The monoisotopic (exact) mass is 599 g/mol. The van der Waals surface area contributed by atoms with Crippen molar-refractivity contribution >= 4 is 23.4 Å². The molecule has 9 nitrogen and oxygen atoms in total. The molecule has 0 bridgehead atoms. The lowest BCUT2D eigenvalue weighted by Crippen LogP contribution is -2.59. The molecule has 4 heterocycles. The Morgan fingerprint density at radius 3 is 2.30 bits per heavy atom. The first-order valence-corrected chi connectivity index (χ1v) is 15.4. The van der Waals surface area contributed by atoms with Crippen molar-refractivity contribution in [3.63, 3.8) is 0 Å². The highest BCUT2D eigenvalue weighted by atomic mass is 16.5. The number of anilines is 1. The fourth-order valence-electron chi connectivity index (χ4n) is 7.66. The van der Waals surface area contributed by atoms with Gasteiger partial charge >= 0.3 is 0 Å². The van der Waals surface area contributed by atoms with Crippen LogP contribution in [-0.4, -0.2) is 82.7 Å². The molecule has 232 valence electrons. The molecule has 6 rings (SSSR count). The van der Waals surface area contributed by atoms with E-state index in [2.05, 4.69) is 0 Å². The average molecular weight is 600 g/mol. The molecule has 2 aromatic carbocycles. The van der Waals surface area contributed by atoms with Gasteiger partial charge in [0.25, 0.3) is 5.91 Å². The van der Waals surface area contributed by atoms with Crippen molar-refractivity contribution in [2.45, 2.75) is 57.0 Å². The van der Waals surface area contributed by atoms with Gasteiger partial charge in [-0.2, -0.15) is 0 Å². The zero-order valence-corrected chi connectivity index (χ0v) is 25.8. The summed E-state index contributed by atoms with van der Waals surface area (Å²) in [5.41, 5.74) is -0.865. The Morgan fingerprint density at radius 1 is 0.932 bits per heavy atom. The number of nitrogens with zero attached hydrogens (tertiary/aromatic N) is 3. The minimum absolute atomic E-state index is 0.153. The number of fused-ring (bicyclic) bond motifs is 2. The van der Waals surface area contributed by atoms with Gasteiger partial charge in [-0.25, -0.2) is 0 Å². The Bertz CT molecular complexity index is 1470. The fourth-order valence-corrected chi connectivity index (χ4v) is 7.66. The zero-order chi connectivity index (χ0) is 31.2. The number of likely N-dealkylation sites (tertiary alicyclic amines) is 1. The topological polar surface area (TPSA) is 99.6 Å². The van der Waals surface area contributed by atoms with E-state index >= 15 is 0 Å². The summed E-state index contributed by atoms with van der Waals surface area (Å²) >= 11 is 0. The average Bonchev–Trinajstić information content (AvgIpc) is 3.29. The van der Waals surface area contributed by atoms with Crippen molar-refractivity contribution in [1.82, 2.24) is 9.80 Å². The third-order valence-electron chi connectivity index (χ3n) is 9.53. The van der Waals surface area contributed by atoms with Crippen LogP contribution >= 0.6 is 0 Å². The Morgan fingerprint density at radius 2 is 1.64 bits per heavy atom. The van der Waals surface area contributed by atoms with Gasteiger partial charge < -0.3 is 29.3 Å². The van der Waals surface area contributed by atoms with E-state index in [4.69, 9.17) is 9.47 Å². The van der Waals surface area contributed by atoms with Gasteiger partial charge in [0.15, 0.2) is 0 Å². The summed E-state index contributed by atoms with van der Waals surface area (Å²) < 4.78 is 12.3. The molecule has 2 saturated heterocycles. The highest BCUT2D eigenvalue weighted by molar-refractivity contribution is 6.06. The van der Waals surface area contributed by atoms with E-state index in [1.165, 1.54) is 0 Å². The number of amides is 3. The van der Waals surface area contributed by atoms with E-state index in [0.29, 0.717) is 30.9 Å². The second kappa shape index (κ2) is 11.5. The number of carbonyl (C=O) groups excluding carboxylic acids is 3. The maximum Gasteiger partial charge on any atom is 0.253 e. The predicted molar refractivity (Wildman–Crippen MR) is 166 cm³/mol. The van der Waals surface area contributed by atoms with E-state index < -0.39 is 35.1 Å². The van der Waals surface area contributed by atoms with Crippen LogP contribution in [0, 0.1) is 17.8 Å². The first-order valence-electron chi connectivity index (χ1n) is 15.4. The number of benzene rings is 2. The van der Waals surface area contributed by atoms with Crippen LogP contribution in [0.2, 0.25) is 0 Å². The van der Waals surface area contributed by atoms with E-state index in [9.17, 15) is 19.5 Å². The molecule has 9 heteroatoms. The molecule has 2 fully saturated rings. The van der Waals surface area contributed by atoms with Crippen LogP contribution in [0.1, 0.15) is 32.8 Å². The van der Waals surface area contributed by atoms with Crippen LogP contribution in [0.5, 0.6) is 5.75 Å². The minimum Gasteiger partial charge on any atom is -0.497 e. The maximum absolute atomic E-state index is 14.8. The van der Waals surface area contributed by atoms with Crippen molar-refractivity contribution in [3.05, 3.63) is 84.5 Å². The van der Waals surface area contributed by atoms with E-state index in [0.717, 1.165) is 5.56 Å². The summed E-state index contributed by atoms with van der Waals surface area (Å²) in [5.74, 6) is -1.80. The van der Waals surface area contributed by atoms with Gasteiger partial charge in [-0.1, -0.05) is 68.5 Å². The number of hydrogen-bond donors (Lipinski definition) is 1. The largest absolute Gasteiger partial charge is 0.497 e. The predicted octanol–water partition coefficient (Wildman–Crippen LogP) is 3.57. The summed E-state index contributed by atoms with van der Waals surface area (Å²) in [4.78, 5) is 48.9. The van der Waals surface area contributed by atoms with Crippen LogP contribution < -0.4 is 9.64 Å². The molecule has 0 radical (unpaired) electrons. The highest BCUT2D eigenvalue weighted by Crippen LogP contribution is 2.58. The van der Waals surface area contributed by atoms with E-state index in [1.807, 2.05) is 87.5 Å². The molecule has 1 N–H and O–H groups in total. The molecule has 44 heavy (non-hydrogen) atoms. The van der Waals surface area contributed by atoms with Crippen molar-refractivity contribution in [3.8, 4) is 5.75 Å². The molecule has 1 spiro atoms. The quantitative estimate of drug-likeness (QED) is 0.466. The van der Waals surface area contributed by atoms with Gasteiger partial charge in [-0.15, -0.1) is 0 Å². The molecular weight excluding hydrogens is 558 g/mol. The molecular formula is C35H41N3O6. The van der Waals surface area contributed by atoms with Gasteiger partial charge in [-0.3, -0.25) is 14.4 Å². The normalized spacial score (nSPS) is 30.3. The van der Waals surface area contributed by atoms with Gasteiger partial charge in [0.2, 0.25) is 11.8 Å². The zero-order valence-electron chi connectivity index (χ0n) is 25.8. The van der Waals surface area contributed by atoms with Crippen molar-refractivity contribution < 1.29 is 29.0 Å². The van der Waals surface area contributed by atoms with Crippen molar-refractivity contribution in [2.24, 2.45) is 17.8 Å². The highest BCUT2D eigenvalue weighted by Gasteiger charge is 2.75. The van der Waals surface area contributed by atoms with Crippen molar-refractivity contribution in [2.75, 3.05) is 31.7 Å². The number of aliphatic hydroxyl groups excluding tert-OH is 1. The van der Waals surface area contributed by atoms with Crippen LogP contribution in [-0.2, 0) is 25.7 Å². The second-order valence-electron chi connectivity index (χ2n) is 12.9. The van der Waals surface area contributed by atoms with Gasteiger partial charge in [-0.05, 0) is 49.1 Å². The molecule has 6 atom stereocenters. The molecule has 3 amide bonds. The molecule has 0 aliphatic carbocycles. The Labute approximate surface area is 258 Å². The van der Waals surface area contributed by atoms with Gasteiger partial charge in [0.05, 0.1) is 37.2 Å². The third kappa shape index (κ3) is 4.82. The molecule has 2 aromatic rings. The van der Waals surface area contributed by atoms with Gasteiger partial charge in [0, 0.05) is 25.3 Å². The summed E-state index contributed by atoms with van der Waals surface area (Å²) in [6, 6.07) is 15.3. The SMILES string of the molecule is COc1ccc(N2CC=C[C@]34O[C@@]5(C)C=CCN(Cc6ccccc6)C(=O)[C@H]5[C@H]3C(=O)N([C@@H](CO)CC(C)C)C4C2=O)cc1. The fraction of sp³-hybridized carbons (Fsp3) is 0.457. The van der Waals surface area contributed by atoms with Crippen LogP contribution in [0.4, 0.5) is 5.69 Å². The maximum atomic E-state index is 14.8. The molecule has 4 aliphatic rings. The molecule has 0 saturated carbocycles. The lowest BCUT2D eigenvalue weighted by molar-refractivity contribution is -0.151. The first kappa shape index (κ1) is 30.1. The lowest BCUT2D eigenvalue weighted by Gasteiger charge is -2.40. The number of aliphatic hydroxyl groups is 1. The summed E-state index contributed by atoms with van der Waals surface area (Å²) in [7, 11) is 1.58. The van der Waals surface area contributed by atoms with Crippen LogP contribution in [0.3, 0.4) is 0 Å². The number of ether oxygens (including phenoxy) is 2. The number of rotatable bonds is 8. The summed E-state index contributed by atoms with van der Waals surface area (Å²) in [6.07, 6.45) is 8.03. The second-order valence-corrected chi connectivity index (χ2v) is 12.9. The smallest absolute Gasteiger partial charge is 0.253 e. The van der Waals surface area contributed by atoms with Gasteiger partial charge in [0.1, 0.15) is 17.4 Å². The molecule has 1 unspecified atom stereocenters. The standard InChI is InChI=1S/C35H41N3O6/c1-23(2)20-26(22-39)38-30-33(42)37(25-12-14-27(43-4)15-13-25)19-9-17-35(30)29(32(38)41)28-31(40)36(18-8-16-34(28,3)44-35)21-24-10-6-5-7-11-24/h5-17,23,26,28-30,39H,18-22H2,1-4H3/t26-,28-,29+,30?,34+,35+/m1/s1. The third-order valence-corrected chi connectivity index (χ3v) is 9.53. The van der Waals surface area contributed by atoms with E-state index in [-0.39, 0.29) is 36.8 Å². The molecule has 0 aromatic heterocycles. The number of carbonyl (C=O) groups is 3. The Hall–Kier alpha value is -3.95. The molecule has 4 aliphatic heterocycles. The van der Waals surface area contributed by atoms with Crippen molar-refractivity contribution in [1.29, 1.82) is 0 Å². The van der Waals surface area contributed by atoms with E-state index in [1.54, 1.807) is 33.9 Å².